The van der Waals surface area contributed by atoms with Gasteiger partial charge in [0.25, 0.3) is 0 Å². The van der Waals surface area contributed by atoms with Gasteiger partial charge in [-0.25, -0.2) is 4.79 Å². The molecular weight excluding hydrogens is 1110 g/mol. The third kappa shape index (κ3) is 21.3. The fourth-order valence-corrected chi connectivity index (χ4v) is 9.08. The maximum absolute atomic E-state index is 14.7. The number of hydrogen-bond acceptors (Lipinski definition) is 13. The number of nitrogens with one attached hydrogen (secondary N) is 7. The van der Waals surface area contributed by atoms with Crippen LogP contribution in [0.15, 0.2) is 53.0 Å². The highest BCUT2D eigenvalue weighted by Crippen LogP contribution is 2.25. The van der Waals surface area contributed by atoms with Crippen LogP contribution in [0.5, 0.6) is 0 Å². The van der Waals surface area contributed by atoms with Gasteiger partial charge in [-0.1, -0.05) is 91.6 Å². The van der Waals surface area contributed by atoms with Crippen molar-refractivity contribution < 1.29 is 78.0 Å². The second-order valence-electron chi connectivity index (χ2n) is 19.6. The number of rotatable bonds is 31. The van der Waals surface area contributed by atoms with E-state index in [4.69, 9.17) is 22.4 Å². The van der Waals surface area contributed by atoms with Crippen LogP contribution in [0.4, 0.5) is 0 Å². The molecule has 3 rings (SSSR count). The number of hydrogen-bond donors (Lipinski definition) is 12. The zero-order valence-corrected chi connectivity index (χ0v) is 46.1. The molecule has 1 heterocycles. The second-order valence-corrected chi connectivity index (χ2v) is 20.9. The smallest absolute Gasteiger partial charge is 0.326 e. The molecule has 78 heavy (non-hydrogen) atoms. The van der Waals surface area contributed by atoms with Crippen molar-refractivity contribution in [3.8, 4) is 0 Å². The number of carbonyl (C=O) groups excluding carboxylic acids is 8. The molecule has 1 saturated heterocycles. The number of carboxylic acids is 4. The van der Waals surface area contributed by atoms with Crippen LogP contribution in [-0.2, 0) is 70.4 Å². The van der Waals surface area contributed by atoms with E-state index < -0.39 is 157 Å². The zero-order chi connectivity index (χ0) is 58.6. The first kappa shape index (κ1) is 65.1. The number of nitrogens with two attached hydrogens (primary N) is 1. The Bertz CT molecular complexity index is 2520. The number of carboxylic acid groups (broad SMARTS) is 4. The standard InChI is InChI=1S/C51H69BrClN9O16/c1-25(2)20-34(58-49(75)42(26(3)4)61-44(70)32(54)15-17-39(63)64)47(73)59-36(22-29-13-14-30(53)23-31(29)52)50(76)62-19-9-12-38(62)48(74)57-35(24-41(67)68)46(72)55-27(5)43(69)56-33(16-18-40(65)66)45(71)60-37(51(77)78)21-28-10-7-6-8-11-28/h6-8,10-11,13-14,23,25-27,32-38,42H,9,12,15-22,24,54H2,1-5H3,(H,55,72)(H,56,69)(H,57,74)(H,58,75)(H,59,73)(H,60,71)(H,61,70)(H,63,64)(H,65,66)(H,67,68)(H,77,78)/t27-,32-,33-,34-,35-,36-,37-,38+,42-/m0/s1. The summed E-state index contributed by atoms with van der Waals surface area (Å²) >= 11 is 9.64. The van der Waals surface area contributed by atoms with E-state index in [-0.39, 0.29) is 51.0 Å². The molecule has 27 heteroatoms. The largest absolute Gasteiger partial charge is 0.481 e. The number of benzene rings is 2. The molecule has 428 valence electrons. The lowest BCUT2D eigenvalue weighted by Gasteiger charge is -2.31. The summed E-state index contributed by atoms with van der Waals surface area (Å²) in [4.78, 5) is 158. The number of aliphatic carboxylic acids is 4. The Balaban J connectivity index is 1.85. The molecule has 1 aliphatic rings. The van der Waals surface area contributed by atoms with E-state index in [1.54, 1.807) is 76.2 Å². The first-order chi connectivity index (χ1) is 36.6. The second kappa shape index (κ2) is 31.3. The molecule has 2 aromatic carbocycles. The number of halogens is 2. The quantitative estimate of drug-likeness (QED) is 0.0492. The Morgan fingerprint density at radius 3 is 1.79 bits per heavy atom. The van der Waals surface area contributed by atoms with E-state index in [0.717, 1.165) is 11.8 Å². The molecule has 1 aliphatic heterocycles. The van der Waals surface area contributed by atoms with Crippen LogP contribution in [0.1, 0.15) is 97.1 Å². The van der Waals surface area contributed by atoms with Crippen molar-refractivity contribution in [2.45, 2.75) is 153 Å². The molecule has 0 spiro atoms. The average Bonchev–Trinajstić information content (AvgIpc) is 3.86. The summed E-state index contributed by atoms with van der Waals surface area (Å²) in [6.07, 6.45) is -2.78. The van der Waals surface area contributed by atoms with Crippen molar-refractivity contribution in [2.24, 2.45) is 17.6 Å². The van der Waals surface area contributed by atoms with Crippen molar-refractivity contribution in [1.82, 2.24) is 42.1 Å². The maximum atomic E-state index is 14.7. The van der Waals surface area contributed by atoms with Gasteiger partial charge in [0.15, 0.2) is 0 Å². The molecule has 0 bridgehead atoms. The summed E-state index contributed by atoms with van der Waals surface area (Å²) in [5.41, 5.74) is 6.93. The summed E-state index contributed by atoms with van der Waals surface area (Å²) in [6, 6.07) is -0.0622. The maximum Gasteiger partial charge on any atom is 0.326 e. The summed E-state index contributed by atoms with van der Waals surface area (Å²) in [6.45, 7) is 7.93. The minimum absolute atomic E-state index is 0.0191. The van der Waals surface area contributed by atoms with E-state index in [0.29, 0.717) is 20.6 Å². The van der Waals surface area contributed by atoms with Gasteiger partial charge in [0.1, 0.15) is 48.3 Å². The van der Waals surface area contributed by atoms with Crippen molar-refractivity contribution >= 4 is 98.7 Å². The minimum atomic E-state index is -1.86. The van der Waals surface area contributed by atoms with Crippen molar-refractivity contribution in [3.05, 3.63) is 69.2 Å². The summed E-state index contributed by atoms with van der Waals surface area (Å²) in [7, 11) is 0. The summed E-state index contributed by atoms with van der Waals surface area (Å²) in [5.74, 6) is -13.6. The van der Waals surface area contributed by atoms with Gasteiger partial charge in [-0.15, -0.1) is 0 Å². The predicted molar refractivity (Wildman–Crippen MR) is 283 cm³/mol. The molecule has 8 amide bonds. The molecule has 0 saturated carbocycles. The van der Waals surface area contributed by atoms with Gasteiger partial charge in [-0.3, -0.25) is 52.7 Å². The minimum Gasteiger partial charge on any atom is -0.481 e. The SMILES string of the molecule is CC(C)C[C@H](NC(=O)[C@@H](NC(=O)[C@@H](N)CCC(=O)O)C(C)C)C(=O)N[C@@H](Cc1ccc(Cl)cc1Br)C(=O)N1CCC[C@@H]1C(=O)N[C@@H](CC(=O)O)C(=O)N[C@@H](C)C(=O)N[C@@H](CCC(=O)O)C(=O)N[C@@H](Cc1ccccc1)C(=O)O. The molecule has 13 N–H and O–H groups in total. The fraction of sp³-hybridized carbons (Fsp3) is 0.529. The topological polar surface area (TPSA) is 399 Å². The van der Waals surface area contributed by atoms with Gasteiger partial charge < -0.3 is 68.3 Å². The first-order valence-corrected chi connectivity index (χ1v) is 26.3. The number of carbonyl (C=O) groups is 12. The number of likely N-dealkylation sites (tertiary alicyclic amines) is 1. The predicted octanol–water partition coefficient (Wildman–Crippen LogP) is 0.610. The lowest BCUT2D eigenvalue weighted by atomic mass is 9.98. The van der Waals surface area contributed by atoms with E-state index >= 15 is 0 Å². The lowest BCUT2D eigenvalue weighted by Crippen LogP contribution is -2.61. The Labute approximate surface area is 463 Å². The molecule has 0 radical (unpaired) electrons. The van der Waals surface area contributed by atoms with Gasteiger partial charge in [-0.05, 0) is 74.1 Å². The molecule has 0 aromatic heterocycles. The van der Waals surface area contributed by atoms with E-state index in [9.17, 15) is 72.9 Å². The highest BCUT2D eigenvalue weighted by Gasteiger charge is 2.41. The summed E-state index contributed by atoms with van der Waals surface area (Å²) in [5, 5.41) is 55.5. The Kier molecular flexibility index (Phi) is 26.1. The molecule has 2 aromatic rings. The van der Waals surface area contributed by atoms with Crippen molar-refractivity contribution in [3.63, 3.8) is 0 Å². The van der Waals surface area contributed by atoms with Gasteiger partial charge in [-0.2, -0.15) is 0 Å². The normalized spacial score (nSPS) is 16.2. The number of nitrogens with zero attached hydrogens (tertiary/aromatic N) is 1. The first-order valence-electron chi connectivity index (χ1n) is 25.1. The van der Waals surface area contributed by atoms with Crippen molar-refractivity contribution in [1.29, 1.82) is 0 Å². The molecule has 0 aliphatic carbocycles. The Hall–Kier alpha value is -7.19. The van der Waals surface area contributed by atoms with Gasteiger partial charge in [0.2, 0.25) is 47.3 Å². The van der Waals surface area contributed by atoms with Crippen LogP contribution in [0.2, 0.25) is 5.02 Å². The van der Waals surface area contributed by atoms with Crippen LogP contribution in [0.25, 0.3) is 0 Å². The van der Waals surface area contributed by atoms with E-state index in [1.807, 2.05) is 0 Å². The van der Waals surface area contributed by atoms with Crippen LogP contribution >= 0.6 is 27.5 Å². The van der Waals surface area contributed by atoms with E-state index in [2.05, 4.69) is 53.1 Å². The molecule has 9 atom stereocenters. The van der Waals surface area contributed by atoms with Gasteiger partial charge in [0.05, 0.1) is 12.5 Å². The third-order valence-corrected chi connectivity index (χ3v) is 13.4. The molecular formula is C51H69BrClN9O16. The summed E-state index contributed by atoms with van der Waals surface area (Å²) < 4.78 is 0.456. The highest BCUT2D eigenvalue weighted by atomic mass is 79.9. The monoisotopic (exact) mass is 1180 g/mol. The van der Waals surface area contributed by atoms with Crippen LogP contribution < -0.4 is 43.0 Å². The molecule has 0 unspecified atom stereocenters. The van der Waals surface area contributed by atoms with E-state index in [1.165, 1.54) is 0 Å². The fourth-order valence-electron chi connectivity index (χ4n) is 8.24. The van der Waals surface area contributed by atoms with Gasteiger partial charge >= 0.3 is 23.9 Å². The lowest BCUT2D eigenvalue weighted by molar-refractivity contribution is -0.144. The Morgan fingerprint density at radius 1 is 0.641 bits per heavy atom. The molecule has 25 nitrogen and oxygen atoms in total. The highest BCUT2D eigenvalue weighted by molar-refractivity contribution is 9.10. The van der Waals surface area contributed by atoms with Gasteiger partial charge in [0, 0.05) is 41.7 Å². The van der Waals surface area contributed by atoms with Crippen molar-refractivity contribution in [2.75, 3.05) is 6.54 Å². The zero-order valence-electron chi connectivity index (χ0n) is 43.7. The third-order valence-electron chi connectivity index (χ3n) is 12.4. The Morgan fingerprint density at radius 2 is 1.22 bits per heavy atom. The van der Waals surface area contributed by atoms with Crippen LogP contribution in [-0.4, -0.2) is 157 Å². The molecule has 1 fully saturated rings. The average molecular weight is 1180 g/mol. The van der Waals surface area contributed by atoms with Crippen LogP contribution in [0.3, 0.4) is 0 Å². The van der Waals surface area contributed by atoms with Crippen LogP contribution in [0, 0.1) is 11.8 Å². The number of amides is 8.